The lowest BCUT2D eigenvalue weighted by Crippen LogP contribution is -2.37. The third kappa shape index (κ3) is 3.82. The van der Waals surface area contributed by atoms with Crippen LogP contribution in [0, 0.1) is 4.91 Å². The van der Waals surface area contributed by atoms with E-state index in [1.54, 1.807) is 0 Å². The number of rotatable bonds is 4. The number of amides is 2. The van der Waals surface area contributed by atoms with Crippen molar-refractivity contribution >= 4 is 6.03 Å². The molecule has 1 unspecified atom stereocenters. The van der Waals surface area contributed by atoms with Crippen LogP contribution < -0.4 is 11.1 Å². The largest absolute Gasteiger partial charge is 0.352 e. The number of primary amides is 1. The number of carbonyl (C=O) groups excluding carboxylic acids is 1. The number of hydrogen-bond acceptors (Lipinski definition) is 3. The zero-order valence-electron chi connectivity index (χ0n) is 5.83. The molecule has 58 valence electrons. The summed E-state index contributed by atoms with van der Waals surface area (Å²) in [5.41, 5.74) is 4.75. The predicted octanol–water partition coefficient (Wildman–Crippen LogP) is 0.547. The molecule has 0 aromatic carbocycles. The van der Waals surface area contributed by atoms with Gasteiger partial charge in [-0.25, -0.2) is 4.79 Å². The van der Waals surface area contributed by atoms with E-state index in [0.717, 1.165) is 6.42 Å². The Kier molecular flexibility index (Phi) is 4.19. The lowest BCUT2D eigenvalue weighted by atomic mass is 10.3. The molecular formula is C5H11N3O2. The van der Waals surface area contributed by atoms with Crippen molar-refractivity contribution in [3.8, 4) is 0 Å². The van der Waals surface area contributed by atoms with Crippen LogP contribution in [0.25, 0.3) is 0 Å². The first-order valence-corrected chi connectivity index (χ1v) is 3.09. The molecule has 0 radical (unpaired) electrons. The zero-order valence-corrected chi connectivity index (χ0v) is 5.83. The maximum Gasteiger partial charge on any atom is 0.313 e. The van der Waals surface area contributed by atoms with Gasteiger partial charge in [0.15, 0.2) is 6.17 Å². The Morgan fingerprint density at radius 2 is 2.40 bits per heavy atom. The summed E-state index contributed by atoms with van der Waals surface area (Å²) in [4.78, 5) is 20.1. The molecule has 0 fully saturated rings. The topological polar surface area (TPSA) is 84.6 Å². The highest BCUT2D eigenvalue weighted by Crippen LogP contribution is 1.95. The first-order chi connectivity index (χ1) is 4.70. The summed E-state index contributed by atoms with van der Waals surface area (Å²) in [7, 11) is 0. The Hall–Kier alpha value is -1.13. The van der Waals surface area contributed by atoms with Gasteiger partial charge in [0.05, 0.1) is 0 Å². The average molecular weight is 145 g/mol. The summed E-state index contributed by atoms with van der Waals surface area (Å²) < 4.78 is 0. The number of nitrogens with zero attached hydrogens (tertiary/aromatic N) is 1. The molecule has 0 aromatic heterocycles. The minimum Gasteiger partial charge on any atom is -0.352 e. The van der Waals surface area contributed by atoms with Gasteiger partial charge >= 0.3 is 6.03 Å². The number of nitrogens with one attached hydrogen (secondary N) is 1. The summed E-state index contributed by atoms with van der Waals surface area (Å²) in [6, 6.07) is -0.710. The first kappa shape index (κ1) is 8.87. The van der Waals surface area contributed by atoms with Crippen molar-refractivity contribution in [3.05, 3.63) is 4.91 Å². The van der Waals surface area contributed by atoms with Crippen LogP contribution in [0.3, 0.4) is 0 Å². The molecule has 2 amide bonds. The summed E-state index contributed by atoms with van der Waals surface area (Å²) in [5.74, 6) is 0. The van der Waals surface area contributed by atoms with Crippen LogP contribution in [0.15, 0.2) is 5.18 Å². The maximum absolute atomic E-state index is 10.2. The molecule has 0 aliphatic heterocycles. The Balaban J connectivity index is 3.59. The molecule has 5 nitrogen and oxygen atoms in total. The third-order valence-electron chi connectivity index (χ3n) is 0.998. The van der Waals surface area contributed by atoms with Crippen LogP contribution >= 0.6 is 0 Å². The Bertz CT molecular complexity index is 126. The van der Waals surface area contributed by atoms with Gasteiger partial charge in [-0.15, -0.1) is 4.91 Å². The highest BCUT2D eigenvalue weighted by Gasteiger charge is 2.06. The SMILES string of the molecule is CCCC(N=O)NC(N)=O. The minimum atomic E-state index is -0.710. The molecule has 5 heteroatoms. The van der Waals surface area contributed by atoms with Crippen LogP contribution in [0.1, 0.15) is 19.8 Å². The van der Waals surface area contributed by atoms with Gasteiger partial charge < -0.3 is 11.1 Å². The van der Waals surface area contributed by atoms with Crippen molar-refractivity contribution in [2.45, 2.75) is 25.9 Å². The molecular weight excluding hydrogens is 134 g/mol. The average Bonchev–Trinajstić information content (AvgIpc) is 1.86. The minimum absolute atomic E-state index is 0.534. The fourth-order valence-corrected chi connectivity index (χ4v) is 0.589. The Morgan fingerprint density at radius 3 is 2.70 bits per heavy atom. The molecule has 0 saturated heterocycles. The molecule has 10 heavy (non-hydrogen) atoms. The van der Waals surface area contributed by atoms with Gasteiger partial charge in [0.2, 0.25) is 0 Å². The van der Waals surface area contributed by atoms with Gasteiger partial charge in [-0.05, 0) is 11.6 Å². The van der Waals surface area contributed by atoms with Crippen LogP contribution in [-0.4, -0.2) is 12.2 Å². The van der Waals surface area contributed by atoms with E-state index >= 15 is 0 Å². The van der Waals surface area contributed by atoms with Crippen molar-refractivity contribution < 1.29 is 4.79 Å². The molecule has 0 aromatic rings. The number of nitrogens with two attached hydrogens (primary N) is 1. The number of carbonyl (C=O) groups is 1. The molecule has 0 spiro atoms. The van der Waals surface area contributed by atoms with E-state index in [0.29, 0.717) is 6.42 Å². The van der Waals surface area contributed by atoms with Crippen LogP contribution in [0.4, 0.5) is 4.79 Å². The van der Waals surface area contributed by atoms with E-state index in [4.69, 9.17) is 5.73 Å². The van der Waals surface area contributed by atoms with Gasteiger partial charge in [-0.3, -0.25) is 0 Å². The van der Waals surface area contributed by atoms with Crippen molar-refractivity contribution in [1.82, 2.24) is 5.32 Å². The van der Waals surface area contributed by atoms with Gasteiger partial charge in [-0.1, -0.05) is 13.3 Å². The monoisotopic (exact) mass is 145 g/mol. The molecule has 0 saturated carbocycles. The summed E-state index contributed by atoms with van der Waals surface area (Å²) in [6.07, 6.45) is 0.658. The van der Waals surface area contributed by atoms with Gasteiger partial charge in [0.1, 0.15) is 0 Å². The van der Waals surface area contributed by atoms with E-state index < -0.39 is 12.2 Å². The lowest BCUT2D eigenvalue weighted by molar-refractivity contribution is 0.244. The second-order valence-electron chi connectivity index (χ2n) is 1.92. The van der Waals surface area contributed by atoms with Crippen molar-refractivity contribution in [2.24, 2.45) is 10.9 Å². The second kappa shape index (κ2) is 4.72. The Labute approximate surface area is 58.9 Å². The van der Waals surface area contributed by atoms with Crippen LogP contribution in [-0.2, 0) is 0 Å². The fourth-order valence-electron chi connectivity index (χ4n) is 0.589. The van der Waals surface area contributed by atoms with Gasteiger partial charge in [0, 0.05) is 0 Å². The summed E-state index contributed by atoms with van der Waals surface area (Å²) in [6.45, 7) is 1.89. The lowest BCUT2D eigenvalue weighted by Gasteiger charge is -2.06. The standard InChI is InChI=1S/C5H11N3O2/c1-2-3-4(8-10)7-5(6)9/h4H,2-3H2,1H3,(H3,6,7,9). The molecule has 0 aliphatic rings. The molecule has 3 N–H and O–H groups in total. The quantitative estimate of drug-likeness (QED) is 0.566. The van der Waals surface area contributed by atoms with E-state index in [9.17, 15) is 9.70 Å². The van der Waals surface area contributed by atoms with Crippen molar-refractivity contribution in [3.63, 3.8) is 0 Å². The third-order valence-corrected chi connectivity index (χ3v) is 0.998. The zero-order chi connectivity index (χ0) is 7.98. The number of hydrogen-bond donors (Lipinski definition) is 2. The Morgan fingerprint density at radius 1 is 1.80 bits per heavy atom. The van der Waals surface area contributed by atoms with Gasteiger partial charge in [-0.2, -0.15) is 0 Å². The molecule has 0 heterocycles. The summed E-state index contributed by atoms with van der Waals surface area (Å²) >= 11 is 0. The van der Waals surface area contributed by atoms with Crippen molar-refractivity contribution in [2.75, 3.05) is 0 Å². The van der Waals surface area contributed by atoms with E-state index in [1.807, 2.05) is 6.92 Å². The summed E-state index contributed by atoms with van der Waals surface area (Å²) in [5, 5.41) is 4.85. The van der Waals surface area contributed by atoms with Crippen LogP contribution in [0.5, 0.6) is 0 Å². The first-order valence-electron chi connectivity index (χ1n) is 3.09. The second-order valence-corrected chi connectivity index (χ2v) is 1.92. The molecule has 1 atom stereocenters. The van der Waals surface area contributed by atoms with Crippen LogP contribution in [0.2, 0.25) is 0 Å². The van der Waals surface area contributed by atoms with E-state index in [1.165, 1.54) is 0 Å². The molecule has 0 rings (SSSR count). The molecule has 0 bridgehead atoms. The number of nitroso groups, excluding NO2 is 1. The van der Waals surface area contributed by atoms with E-state index in [-0.39, 0.29) is 0 Å². The highest BCUT2D eigenvalue weighted by molar-refractivity contribution is 5.71. The maximum atomic E-state index is 10.2. The number of urea groups is 1. The molecule has 0 aliphatic carbocycles. The van der Waals surface area contributed by atoms with Gasteiger partial charge in [0.25, 0.3) is 0 Å². The smallest absolute Gasteiger partial charge is 0.313 e. The fraction of sp³-hybridized carbons (Fsp3) is 0.800. The van der Waals surface area contributed by atoms with E-state index in [2.05, 4.69) is 10.5 Å². The predicted molar refractivity (Wildman–Crippen MR) is 37.2 cm³/mol. The highest BCUT2D eigenvalue weighted by atomic mass is 16.3. The van der Waals surface area contributed by atoms with Crippen molar-refractivity contribution in [1.29, 1.82) is 0 Å². The normalized spacial score (nSPS) is 12.1.